The van der Waals surface area contributed by atoms with Gasteiger partial charge >= 0.3 is 0 Å². The summed E-state index contributed by atoms with van der Waals surface area (Å²) in [7, 11) is 2.10. The molecular formula is C20H21Cl2FN8. The summed E-state index contributed by atoms with van der Waals surface area (Å²) < 4.78 is 14.0. The average Bonchev–Trinajstić information content (AvgIpc) is 3.43. The smallest absolute Gasteiger partial charge is 0.181 e. The number of nitrogens with zero attached hydrogens (tertiary/aromatic N) is 6. The number of rotatable bonds is 4. The Morgan fingerprint density at radius 1 is 1.16 bits per heavy atom. The second-order valence-electron chi connectivity index (χ2n) is 7.94. The minimum Gasteiger partial charge on any atom is -0.365 e. The van der Waals surface area contributed by atoms with Gasteiger partial charge in [-0.3, -0.25) is 0 Å². The van der Waals surface area contributed by atoms with Crippen LogP contribution in [0.3, 0.4) is 0 Å². The predicted molar refractivity (Wildman–Crippen MR) is 118 cm³/mol. The fourth-order valence-corrected chi connectivity index (χ4v) is 4.59. The van der Waals surface area contributed by atoms with E-state index >= 15 is 0 Å². The Kier molecular flexibility index (Phi) is 5.41. The van der Waals surface area contributed by atoms with Gasteiger partial charge in [0.1, 0.15) is 17.3 Å². The van der Waals surface area contributed by atoms with Crippen molar-refractivity contribution in [2.75, 3.05) is 43.4 Å². The van der Waals surface area contributed by atoms with E-state index in [2.05, 4.69) is 47.5 Å². The topological polar surface area (TPSA) is 85.9 Å². The molecule has 0 bridgehead atoms. The second-order valence-corrected chi connectivity index (χ2v) is 8.73. The minimum atomic E-state index is -0.489. The van der Waals surface area contributed by atoms with E-state index in [1.165, 1.54) is 12.1 Å². The first-order valence-corrected chi connectivity index (χ1v) is 10.9. The average molecular weight is 463 g/mol. The zero-order chi connectivity index (χ0) is 21.5. The lowest BCUT2D eigenvalue weighted by molar-refractivity contribution is 0.410. The van der Waals surface area contributed by atoms with E-state index in [9.17, 15) is 4.39 Å². The number of aromatic nitrogens is 5. The van der Waals surface area contributed by atoms with Crippen molar-refractivity contribution in [1.29, 1.82) is 0 Å². The van der Waals surface area contributed by atoms with Crippen LogP contribution >= 0.6 is 23.2 Å². The summed E-state index contributed by atoms with van der Waals surface area (Å²) in [5, 5.41) is 21.0. The molecule has 162 valence electrons. The third-order valence-electron chi connectivity index (χ3n) is 5.80. The molecule has 1 aromatic carbocycles. The Morgan fingerprint density at radius 2 is 2.03 bits per heavy atom. The highest BCUT2D eigenvalue weighted by atomic mass is 35.5. The summed E-state index contributed by atoms with van der Waals surface area (Å²) in [5.41, 5.74) is 1.96. The number of nitrogens with one attached hydrogen (secondary N) is 2. The maximum Gasteiger partial charge on any atom is 0.181 e. The summed E-state index contributed by atoms with van der Waals surface area (Å²) in [6.07, 6.45) is 1.05. The van der Waals surface area contributed by atoms with Crippen LogP contribution in [-0.4, -0.2) is 63.5 Å². The number of benzene rings is 1. The number of H-pyrrole nitrogens is 1. The van der Waals surface area contributed by atoms with Crippen molar-refractivity contribution in [3.63, 3.8) is 0 Å². The molecular weight excluding hydrogens is 442 g/mol. The highest BCUT2D eigenvalue weighted by Crippen LogP contribution is 2.34. The highest BCUT2D eigenvalue weighted by molar-refractivity contribution is 6.36. The van der Waals surface area contributed by atoms with Crippen LogP contribution < -0.4 is 10.2 Å². The monoisotopic (exact) mass is 462 g/mol. The van der Waals surface area contributed by atoms with Crippen LogP contribution in [0.1, 0.15) is 23.7 Å². The van der Waals surface area contributed by atoms with E-state index in [0.29, 0.717) is 53.5 Å². The van der Waals surface area contributed by atoms with Crippen molar-refractivity contribution in [3.8, 4) is 11.5 Å². The van der Waals surface area contributed by atoms with Gasteiger partial charge in [0.25, 0.3) is 0 Å². The van der Waals surface area contributed by atoms with Crippen LogP contribution in [-0.2, 0) is 6.54 Å². The van der Waals surface area contributed by atoms with Gasteiger partial charge in [0, 0.05) is 42.7 Å². The molecule has 0 saturated carbocycles. The van der Waals surface area contributed by atoms with Crippen LogP contribution in [0.5, 0.6) is 0 Å². The molecule has 3 aromatic rings. The van der Waals surface area contributed by atoms with Crippen LogP contribution in [0, 0.1) is 5.82 Å². The van der Waals surface area contributed by atoms with Crippen LogP contribution in [0.4, 0.5) is 15.9 Å². The summed E-state index contributed by atoms with van der Waals surface area (Å²) in [6.45, 7) is 3.71. The van der Waals surface area contributed by atoms with Crippen molar-refractivity contribution in [2.45, 2.75) is 18.9 Å². The molecule has 2 N–H and O–H groups in total. The number of likely N-dealkylation sites (N-methyl/N-ethyl adjacent to an activating group) is 1. The van der Waals surface area contributed by atoms with Crippen molar-refractivity contribution in [3.05, 3.63) is 45.4 Å². The predicted octanol–water partition coefficient (Wildman–Crippen LogP) is 3.56. The molecule has 2 aliphatic rings. The standard InChI is InChI=1S/C20H21Cl2FN8/c1-30-6-4-11(9-30)18-25-19(28-27-18)15-8-16-20(29-26-15)24-5-7-31(16)10-12-13(21)2-3-14(23)17(12)22/h2-3,8,11H,4-7,9-10H2,1H3,(H,24,29)(H,25,27,28). The molecule has 5 rings (SSSR count). The number of anilines is 2. The van der Waals surface area contributed by atoms with E-state index in [0.717, 1.165) is 31.0 Å². The lowest BCUT2D eigenvalue weighted by Gasteiger charge is -2.31. The maximum absolute atomic E-state index is 14.0. The first kappa shape index (κ1) is 20.4. The molecule has 31 heavy (non-hydrogen) atoms. The number of fused-ring (bicyclic) bond motifs is 1. The van der Waals surface area contributed by atoms with Gasteiger partial charge in [0.2, 0.25) is 0 Å². The van der Waals surface area contributed by atoms with Gasteiger partial charge in [-0.1, -0.05) is 23.2 Å². The Hall–Kier alpha value is -2.49. The molecule has 2 aliphatic heterocycles. The van der Waals surface area contributed by atoms with Crippen molar-refractivity contribution >= 4 is 34.7 Å². The van der Waals surface area contributed by atoms with Gasteiger partial charge < -0.3 is 20.1 Å². The van der Waals surface area contributed by atoms with E-state index < -0.39 is 5.82 Å². The van der Waals surface area contributed by atoms with Crippen molar-refractivity contribution in [2.24, 2.45) is 0 Å². The molecule has 1 unspecified atom stereocenters. The summed E-state index contributed by atoms with van der Waals surface area (Å²) >= 11 is 12.5. The SMILES string of the molecule is CN1CCC(c2nnc(-c3cc4c(nn3)NCCN4Cc3c(Cl)ccc(F)c3Cl)[nH]2)C1. The molecule has 4 heterocycles. The molecule has 0 radical (unpaired) electrons. The van der Waals surface area contributed by atoms with Gasteiger partial charge in [-0.05, 0) is 38.2 Å². The minimum absolute atomic E-state index is 0.0382. The van der Waals surface area contributed by atoms with Gasteiger partial charge in [0.15, 0.2) is 11.6 Å². The molecule has 1 atom stereocenters. The Bertz CT molecular complexity index is 1120. The quantitative estimate of drug-likeness (QED) is 0.573. The third-order valence-corrected chi connectivity index (χ3v) is 6.56. The normalized spacial score (nSPS) is 18.8. The lowest BCUT2D eigenvalue weighted by atomic mass is 10.1. The van der Waals surface area contributed by atoms with E-state index in [-0.39, 0.29) is 5.02 Å². The summed E-state index contributed by atoms with van der Waals surface area (Å²) in [5.74, 6) is 1.94. The molecule has 2 aromatic heterocycles. The molecule has 0 aliphatic carbocycles. The Balaban J connectivity index is 1.44. The van der Waals surface area contributed by atoms with E-state index in [1.807, 2.05) is 6.07 Å². The number of aromatic amines is 1. The maximum atomic E-state index is 14.0. The third kappa shape index (κ3) is 3.93. The second kappa shape index (κ2) is 8.22. The summed E-state index contributed by atoms with van der Waals surface area (Å²) in [6, 6.07) is 4.70. The van der Waals surface area contributed by atoms with Crippen LogP contribution in [0.15, 0.2) is 18.2 Å². The Labute approximate surface area is 188 Å². The molecule has 1 saturated heterocycles. The molecule has 1 fully saturated rings. The van der Waals surface area contributed by atoms with Crippen LogP contribution in [0.2, 0.25) is 10.0 Å². The lowest BCUT2D eigenvalue weighted by Crippen LogP contribution is -2.34. The number of likely N-dealkylation sites (tertiary alicyclic amines) is 1. The van der Waals surface area contributed by atoms with Gasteiger partial charge in [-0.25, -0.2) is 4.39 Å². The van der Waals surface area contributed by atoms with E-state index in [4.69, 9.17) is 23.2 Å². The fraction of sp³-hybridized carbons (Fsp3) is 0.400. The van der Waals surface area contributed by atoms with Crippen LogP contribution in [0.25, 0.3) is 11.5 Å². The number of halogens is 3. The molecule has 11 heteroatoms. The highest BCUT2D eigenvalue weighted by Gasteiger charge is 2.26. The molecule has 0 amide bonds. The van der Waals surface area contributed by atoms with Gasteiger partial charge in [-0.2, -0.15) is 0 Å². The van der Waals surface area contributed by atoms with E-state index in [1.54, 1.807) is 0 Å². The molecule has 8 nitrogen and oxygen atoms in total. The van der Waals surface area contributed by atoms with Gasteiger partial charge in [0.05, 0.1) is 10.7 Å². The summed E-state index contributed by atoms with van der Waals surface area (Å²) in [4.78, 5) is 7.64. The Morgan fingerprint density at radius 3 is 2.84 bits per heavy atom. The zero-order valence-electron chi connectivity index (χ0n) is 16.9. The first-order chi connectivity index (χ1) is 15.0. The number of hydrogen-bond acceptors (Lipinski definition) is 7. The van der Waals surface area contributed by atoms with Crippen molar-refractivity contribution < 1.29 is 4.39 Å². The largest absolute Gasteiger partial charge is 0.365 e. The number of hydrogen-bond donors (Lipinski definition) is 2. The first-order valence-electron chi connectivity index (χ1n) is 10.1. The fourth-order valence-electron chi connectivity index (χ4n) is 4.10. The zero-order valence-corrected chi connectivity index (χ0v) is 18.4. The molecule has 0 spiro atoms. The van der Waals surface area contributed by atoms with Crippen molar-refractivity contribution in [1.82, 2.24) is 30.3 Å². The van der Waals surface area contributed by atoms with Gasteiger partial charge in [-0.15, -0.1) is 20.4 Å².